The van der Waals surface area contributed by atoms with Crippen molar-refractivity contribution in [1.82, 2.24) is 20.1 Å². The van der Waals surface area contributed by atoms with Gasteiger partial charge in [0.1, 0.15) is 5.60 Å². The van der Waals surface area contributed by atoms with Crippen LogP contribution >= 0.6 is 0 Å². The van der Waals surface area contributed by atoms with E-state index in [9.17, 15) is 9.59 Å². The second-order valence-electron chi connectivity index (χ2n) is 9.43. The van der Waals surface area contributed by atoms with E-state index in [4.69, 9.17) is 4.74 Å². The van der Waals surface area contributed by atoms with Gasteiger partial charge >= 0.3 is 12.1 Å². The number of nitrogens with zero attached hydrogens (tertiary/aromatic N) is 3. The number of carbonyl (C=O) groups excluding carboxylic acids is 2. The number of hydrogen-bond donors (Lipinski definition) is 1. The number of hydrogen-bond acceptors (Lipinski definition) is 4. The molecule has 7 nitrogen and oxygen atoms in total. The highest BCUT2D eigenvalue weighted by Crippen LogP contribution is 2.41. The van der Waals surface area contributed by atoms with Crippen LogP contribution in [0, 0.1) is 17.8 Å². The first-order valence-corrected chi connectivity index (χ1v) is 10.2. The van der Waals surface area contributed by atoms with Gasteiger partial charge in [-0.2, -0.15) is 0 Å². The van der Waals surface area contributed by atoms with Crippen molar-refractivity contribution in [3.63, 3.8) is 0 Å². The molecule has 152 valence electrons. The Kier molecular flexibility index (Phi) is 4.93. The van der Waals surface area contributed by atoms with E-state index in [1.54, 1.807) is 6.20 Å². The summed E-state index contributed by atoms with van der Waals surface area (Å²) in [7, 11) is 0. The molecule has 3 amide bonds. The first-order chi connectivity index (χ1) is 13.3. The average molecular weight is 386 g/mol. The molecule has 0 bridgehead atoms. The normalized spacial score (nSPS) is 26.2. The van der Waals surface area contributed by atoms with E-state index in [-0.39, 0.29) is 12.1 Å². The van der Waals surface area contributed by atoms with E-state index in [0.29, 0.717) is 37.4 Å². The van der Waals surface area contributed by atoms with Crippen LogP contribution in [0.5, 0.6) is 0 Å². The van der Waals surface area contributed by atoms with E-state index in [1.165, 1.54) is 5.56 Å². The van der Waals surface area contributed by atoms with Crippen molar-refractivity contribution >= 4 is 12.1 Å². The Morgan fingerprint density at radius 3 is 2.46 bits per heavy atom. The van der Waals surface area contributed by atoms with Crippen molar-refractivity contribution in [2.45, 2.75) is 52.3 Å². The van der Waals surface area contributed by atoms with Gasteiger partial charge < -0.3 is 19.9 Å². The van der Waals surface area contributed by atoms with Crippen LogP contribution in [0.4, 0.5) is 9.59 Å². The molecule has 1 saturated heterocycles. The summed E-state index contributed by atoms with van der Waals surface area (Å²) in [5.41, 5.74) is 1.87. The molecule has 2 aliphatic heterocycles. The summed E-state index contributed by atoms with van der Waals surface area (Å²) in [5.74, 6) is 1.54. The van der Waals surface area contributed by atoms with Crippen molar-refractivity contribution < 1.29 is 14.3 Å². The second kappa shape index (κ2) is 7.26. The Morgan fingerprint density at radius 1 is 1.14 bits per heavy atom. The van der Waals surface area contributed by atoms with Crippen molar-refractivity contribution in [3.8, 4) is 0 Å². The summed E-state index contributed by atoms with van der Waals surface area (Å²) in [5, 5.41) is 3.12. The van der Waals surface area contributed by atoms with Crippen LogP contribution in [-0.4, -0.2) is 52.1 Å². The van der Waals surface area contributed by atoms with Crippen molar-refractivity contribution in [2.24, 2.45) is 17.8 Å². The molecule has 0 spiro atoms. The summed E-state index contributed by atoms with van der Waals surface area (Å²) in [6.07, 6.45) is 5.55. The number of urea groups is 1. The van der Waals surface area contributed by atoms with E-state index < -0.39 is 5.60 Å². The van der Waals surface area contributed by atoms with Gasteiger partial charge in [0.2, 0.25) is 0 Å². The molecule has 1 saturated carbocycles. The first kappa shape index (κ1) is 19.0. The number of likely N-dealkylation sites (tertiary alicyclic amines) is 1. The Bertz CT molecular complexity index is 721. The molecule has 1 unspecified atom stereocenters. The zero-order valence-corrected chi connectivity index (χ0v) is 17.0. The maximum atomic E-state index is 12.5. The Balaban J connectivity index is 1.21. The molecule has 0 aromatic carbocycles. The molecule has 3 heterocycles. The summed E-state index contributed by atoms with van der Waals surface area (Å²) >= 11 is 0. The van der Waals surface area contributed by atoms with Crippen molar-refractivity contribution in [3.05, 3.63) is 29.6 Å². The molecule has 3 atom stereocenters. The second-order valence-corrected chi connectivity index (χ2v) is 9.43. The van der Waals surface area contributed by atoms with Crippen LogP contribution in [0.25, 0.3) is 0 Å². The lowest BCUT2D eigenvalue weighted by molar-refractivity contribution is 0.0278. The van der Waals surface area contributed by atoms with Crippen molar-refractivity contribution in [2.75, 3.05) is 19.6 Å². The molecule has 1 N–H and O–H groups in total. The highest BCUT2D eigenvalue weighted by molar-refractivity contribution is 5.75. The van der Waals surface area contributed by atoms with E-state index in [0.717, 1.165) is 31.5 Å². The molecular formula is C21H30N4O3. The average Bonchev–Trinajstić information content (AvgIpc) is 3.30. The number of carbonyl (C=O) groups is 2. The van der Waals surface area contributed by atoms with Crippen LogP contribution < -0.4 is 5.32 Å². The molecule has 0 radical (unpaired) electrons. The maximum Gasteiger partial charge on any atom is 0.410 e. The SMILES string of the molecule is CC(C)(C)OC(=O)N1C[C@H]2CC(CNC(=O)N3Cc4ccncc4C3)C[C@H]2C1. The highest BCUT2D eigenvalue weighted by atomic mass is 16.6. The minimum absolute atomic E-state index is 0.00337. The predicted molar refractivity (Wildman–Crippen MR) is 104 cm³/mol. The lowest BCUT2D eigenvalue weighted by atomic mass is 10.0. The molecule has 4 rings (SSSR count). The zero-order valence-electron chi connectivity index (χ0n) is 17.0. The van der Waals surface area contributed by atoms with Crippen LogP contribution in [-0.2, 0) is 17.8 Å². The predicted octanol–water partition coefficient (Wildman–Crippen LogP) is 3.00. The maximum absolute atomic E-state index is 12.5. The summed E-state index contributed by atoms with van der Waals surface area (Å²) in [6, 6.07) is 1.99. The Labute approximate surface area is 166 Å². The number of ether oxygens (including phenoxy) is 1. The standard InChI is InChI=1S/C21H30N4O3/c1-21(2,3)28-20(27)25-11-16-6-14(7-17(16)12-25)8-23-19(26)24-10-15-4-5-22-9-18(15)13-24/h4-5,9,14,16-17H,6-8,10-13H2,1-3H3,(H,23,26)/t14?,16-,17+. The zero-order chi connectivity index (χ0) is 19.9. The molecule has 28 heavy (non-hydrogen) atoms. The monoisotopic (exact) mass is 386 g/mol. The quantitative estimate of drug-likeness (QED) is 0.848. The largest absolute Gasteiger partial charge is 0.444 e. The van der Waals surface area contributed by atoms with E-state index in [1.807, 2.05) is 42.8 Å². The van der Waals surface area contributed by atoms with Gasteiger partial charge in [0.05, 0.1) is 0 Å². The third-order valence-corrected chi connectivity index (χ3v) is 6.06. The number of amides is 3. The fourth-order valence-electron chi connectivity index (χ4n) is 4.77. The first-order valence-electron chi connectivity index (χ1n) is 10.2. The number of rotatable bonds is 2. The van der Waals surface area contributed by atoms with Crippen LogP contribution in [0.1, 0.15) is 44.7 Å². The topological polar surface area (TPSA) is 74.8 Å². The molecule has 1 aromatic heterocycles. The number of aromatic nitrogens is 1. The van der Waals surface area contributed by atoms with Gasteiger partial charge in [0, 0.05) is 45.1 Å². The van der Waals surface area contributed by atoms with Crippen LogP contribution in [0.2, 0.25) is 0 Å². The highest BCUT2D eigenvalue weighted by Gasteiger charge is 2.43. The molecular weight excluding hydrogens is 356 g/mol. The Morgan fingerprint density at radius 2 is 1.82 bits per heavy atom. The fourth-order valence-corrected chi connectivity index (χ4v) is 4.77. The van der Waals surface area contributed by atoms with Gasteiger partial charge in [-0.1, -0.05) is 0 Å². The third-order valence-electron chi connectivity index (χ3n) is 6.06. The number of pyridine rings is 1. The number of nitrogens with one attached hydrogen (secondary N) is 1. The van der Waals surface area contributed by atoms with Gasteiger partial charge in [-0.15, -0.1) is 0 Å². The van der Waals surface area contributed by atoms with Crippen molar-refractivity contribution in [1.29, 1.82) is 0 Å². The molecule has 3 aliphatic rings. The minimum Gasteiger partial charge on any atom is -0.444 e. The summed E-state index contributed by atoms with van der Waals surface area (Å²) < 4.78 is 5.50. The Hall–Kier alpha value is -2.31. The summed E-state index contributed by atoms with van der Waals surface area (Å²) in [6.45, 7) is 9.25. The lowest BCUT2D eigenvalue weighted by Crippen LogP contribution is -2.39. The molecule has 7 heteroatoms. The van der Waals surface area contributed by atoms with Gasteiger partial charge in [0.15, 0.2) is 0 Å². The summed E-state index contributed by atoms with van der Waals surface area (Å²) in [4.78, 5) is 32.6. The van der Waals surface area contributed by atoms with Crippen LogP contribution in [0.15, 0.2) is 18.5 Å². The van der Waals surface area contributed by atoms with E-state index in [2.05, 4.69) is 10.3 Å². The minimum atomic E-state index is -0.451. The number of fused-ring (bicyclic) bond motifs is 2. The van der Waals surface area contributed by atoms with E-state index >= 15 is 0 Å². The van der Waals surface area contributed by atoms with Gasteiger partial charge in [-0.05, 0) is 68.6 Å². The molecule has 1 aromatic rings. The smallest absolute Gasteiger partial charge is 0.410 e. The third kappa shape index (κ3) is 4.08. The fraction of sp³-hybridized carbons (Fsp3) is 0.667. The molecule has 1 aliphatic carbocycles. The lowest BCUT2D eigenvalue weighted by Gasteiger charge is -2.25. The van der Waals surface area contributed by atoms with Crippen LogP contribution in [0.3, 0.4) is 0 Å². The van der Waals surface area contributed by atoms with Gasteiger partial charge in [0.25, 0.3) is 0 Å². The van der Waals surface area contributed by atoms with Gasteiger partial charge in [-0.25, -0.2) is 9.59 Å². The van der Waals surface area contributed by atoms with Gasteiger partial charge in [-0.3, -0.25) is 4.98 Å². The molecule has 2 fully saturated rings.